The Morgan fingerprint density at radius 2 is 2.36 bits per heavy atom. The molecule has 11 heavy (non-hydrogen) atoms. The molecule has 0 aromatic carbocycles. The van der Waals surface area contributed by atoms with Gasteiger partial charge in [0.05, 0.1) is 7.11 Å². The molecular weight excluding hydrogens is 138 g/mol. The highest BCUT2D eigenvalue weighted by Gasteiger charge is 1.96. The van der Waals surface area contributed by atoms with Crippen LogP contribution in [0.15, 0.2) is 18.8 Å². The zero-order chi connectivity index (χ0) is 8.27. The summed E-state index contributed by atoms with van der Waals surface area (Å²) >= 11 is 0. The normalized spacial score (nSPS) is 9.27. The maximum Gasteiger partial charge on any atom is 0.213 e. The lowest BCUT2D eigenvalue weighted by Crippen LogP contribution is -1.89. The average Bonchev–Trinajstić information content (AvgIpc) is 2.04. The minimum absolute atomic E-state index is 0.646. The summed E-state index contributed by atoms with van der Waals surface area (Å²) in [5.74, 6) is 0.646. The number of rotatable bonds is 2. The van der Waals surface area contributed by atoms with Gasteiger partial charge in [0, 0.05) is 12.3 Å². The summed E-state index contributed by atoms with van der Waals surface area (Å²) in [7, 11) is 1.61. The first-order valence-electron chi connectivity index (χ1n) is 3.41. The summed E-state index contributed by atoms with van der Waals surface area (Å²) in [5.41, 5.74) is 2.18. The summed E-state index contributed by atoms with van der Waals surface area (Å²) in [6.45, 7) is 5.67. The van der Waals surface area contributed by atoms with E-state index >= 15 is 0 Å². The van der Waals surface area contributed by atoms with Crippen LogP contribution in [0.1, 0.15) is 11.1 Å². The van der Waals surface area contributed by atoms with Crippen LogP contribution >= 0.6 is 0 Å². The van der Waals surface area contributed by atoms with Crippen LogP contribution in [0.4, 0.5) is 0 Å². The van der Waals surface area contributed by atoms with Crippen LogP contribution in [0.25, 0.3) is 6.08 Å². The first-order chi connectivity index (χ1) is 5.27. The Morgan fingerprint density at radius 1 is 1.64 bits per heavy atom. The van der Waals surface area contributed by atoms with E-state index in [0.29, 0.717) is 5.88 Å². The molecule has 1 aromatic heterocycles. The average molecular weight is 149 g/mol. The van der Waals surface area contributed by atoms with Gasteiger partial charge in [0.25, 0.3) is 0 Å². The summed E-state index contributed by atoms with van der Waals surface area (Å²) in [4.78, 5) is 4.04. The number of hydrogen-bond donors (Lipinski definition) is 0. The van der Waals surface area contributed by atoms with E-state index in [4.69, 9.17) is 4.74 Å². The molecule has 0 radical (unpaired) electrons. The molecular formula is C9H11NO. The number of nitrogens with zero attached hydrogens (tertiary/aromatic N) is 1. The second-order valence-electron chi connectivity index (χ2n) is 2.29. The SMILES string of the molecule is C=Cc1cnc(OC)cc1C. The van der Waals surface area contributed by atoms with E-state index in [1.807, 2.05) is 13.0 Å². The predicted octanol–water partition coefficient (Wildman–Crippen LogP) is 2.04. The maximum absolute atomic E-state index is 4.95. The third-order valence-corrected chi connectivity index (χ3v) is 1.56. The van der Waals surface area contributed by atoms with Gasteiger partial charge in [-0.2, -0.15) is 0 Å². The van der Waals surface area contributed by atoms with Gasteiger partial charge in [-0.25, -0.2) is 4.98 Å². The van der Waals surface area contributed by atoms with E-state index in [9.17, 15) is 0 Å². The molecule has 0 atom stereocenters. The molecule has 2 heteroatoms. The van der Waals surface area contributed by atoms with Crippen molar-refractivity contribution in [2.24, 2.45) is 0 Å². The number of ether oxygens (including phenoxy) is 1. The topological polar surface area (TPSA) is 22.1 Å². The van der Waals surface area contributed by atoms with Gasteiger partial charge in [-0.3, -0.25) is 0 Å². The highest BCUT2D eigenvalue weighted by molar-refractivity contribution is 5.50. The van der Waals surface area contributed by atoms with Crippen molar-refractivity contribution in [3.05, 3.63) is 30.0 Å². The Balaban J connectivity index is 3.09. The molecule has 0 N–H and O–H groups in total. The number of hydrogen-bond acceptors (Lipinski definition) is 2. The van der Waals surface area contributed by atoms with Crippen molar-refractivity contribution in [1.29, 1.82) is 0 Å². The smallest absolute Gasteiger partial charge is 0.213 e. The van der Waals surface area contributed by atoms with E-state index in [1.54, 1.807) is 19.4 Å². The van der Waals surface area contributed by atoms with Crippen LogP contribution in [0.2, 0.25) is 0 Å². The lowest BCUT2D eigenvalue weighted by atomic mass is 10.2. The van der Waals surface area contributed by atoms with Crippen LogP contribution in [-0.2, 0) is 0 Å². The van der Waals surface area contributed by atoms with Crippen molar-refractivity contribution in [3.8, 4) is 5.88 Å². The molecule has 0 fully saturated rings. The van der Waals surface area contributed by atoms with Crippen molar-refractivity contribution < 1.29 is 4.74 Å². The molecule has 0 aliphatic heterocycles. The quantitative estimate of drug-likeness (QED) is 0.642. The molecule has 0 spiro atoms. The summed E-state index contributed by atoms with van der Waals surface area (Å²) in [6.07, 6.45) is 3.53. The van der Waals surface area contributed by atoms with Crippen LogP contribution < -0.4 is 4.74 Å². The Kier molecular flexibility index (Phi) is 2.26. The van der Waals surface area contributed by atoms with Crippen molar-refractivity contribution in [1.82, 2.24) is 4.98 Å². The van der Waals surface area contributed by atoms with Gasteiger partial charge in [0.1, 0.15) is 0 Å². The Morgan fingerprint density at radius 3 is 2.82 bits per heavy atom. The number of methoxy groups -OCH3 is 1. The van der Waals surface area contributed by atoms with Gasteiger partial charge in [0.2, 0.25) is 5.88 Å². The first-order valence-corrected chi connectivity index (χ1v) is 3.41. The molecule has 1 heterocycles. The highest BCUT2D eigenvalue weighted by Crippen LogP contribution is 2.13. The van der Waals surface area contributed by atoms with Gasteiger partial charge in [-0.15, -0.1) is 0 Å². The molecule has 1 rings (SSSR count). The third kappa shape index (κ3) is 1.58. The number of pyridine rings is 1. The molecule has 58 valence electrons. The minimum Gasteiger partial charge on any atom is -0.481 e. The Bertz CT molecular complexity index is 268. The molecule has 0 saturated heterocycles. The van der Waals surface area contributed by atoms with Gasteiger partial charge in [0.15, 0.2) is 0 Å². The van der Waals surface area contributed by atoms with E-state index < -0.39 is 0 Å². The molecule has 0 saturated carbocycles. The lowest BCUT2D eigenvalue weighted by Gasteiger charge is -2.01. The second-order valence-corrected chi connectivity index (χ2v) is 2.29. The van der Waals surface area contributed by atoms with E-state index in [2.05, 4.69) is 11.6 Å². The van der Waals surface area contributed by atoms with Crippen LogP contribution in [0, 0.1) is 6.92 Å². The highest BCUT2D eigenvalue weighted by atomic mass is 16.5. The summed E-state index contributed by atoms with van der Waals surface area (Å²) in [6, 6.07) is 1.89. The molecule has 2 nitrogen and oxygen atoms in total. The van der Waals surface area contributed by atoms with E-state index in [-0.39, 0.29) is 0 Å². The predicted molar refractivity (Wildman–Crippen MR) is 45.6 cm³/mol. The van der Waals surface area contributed by atoms with Crippen molar-refractivity contribution in [2.45, 2.75) is 6.92 Å². The Labute approximate surface area is 66.5 Å². The maximum atomic E-state index is 4.95. The largest absolute Gasteiger partial charge is 0.481 e. The van der Waals surface area contributed by atoms with Gasteiger partial charge >= 0.3 is 0 Å². The van der Waals surface area contributed by atoms with Crippen molar-refractivity contribution in [2.75, 3.05) is 7.11 Å². The fourth-order valence-corrected chi connectivity index (χ4v) is 0.866. The minimum atomic E-state index is 0.646. The Hall–Kier alpha value is -1.31. The van der Waals surface area contributed by atoms with Gasteiger partial charge < -0.3 is 4.74 Å². The van der Waals surface area contributed by atoms with Crippen LogP contribution in [0.3, 0.4) is 0 Å². The zero-order valence-electron chi connectivity index (χ0n) is 6.79. The fraction of sp³-hybridized carbons (Fsp3) is 0.222. The summed E-state index contributed by atoms with van der Waals surface area (Å²) in [5, 5.41) is 0. The van der Waals surface area contributed by atoms with Crippen molar-refractivity contribution >= 4 is 6.08 Å². The molecule has 0 unspecified atom stereocenters. The standard InChI is InChI=1S/C9H11NO/c1-4-8-6-10-9(11-3)5-7(8)2/h4-6H,1H2,2-3H3. The fourth-order valence-electron chi connectivity index (χ4n) is 0.866. The van der Waals surface area contributed by atoms with E-state index in [0.717, 1.165) is 11.1 Å². The second kappa shape index (κ2) is 3.19. The molecule has 0 bridgehead atoms. The lowest BCUT2D eigenvalue weighted by molar-refractivity contribution is 0.397. The van der Waals surface area contributed by atoms with Gasteiger partial charge in [-0.1, -0.05) is 12.7 Å². The molecule has 0 aliphatic carbocycles. The summed E-state index contributed by atoms with van der Waals surface area (Å²) < 4.78 is 4.95. The molecule has 0 aliphatic rings. The monoisotopic (exact) mass is 149 g/mol. The van der Waals surface area contributed by atoms with E-state index in [1.165, 1.54) is 0 Å². The number of aromatic nitrogens is 1. The molecule has 1 aromatic rings. The zero-order valence-corrected chi connectivity index (χ0v) is 6.79. The molecule has 0 amide bonds. The van der Waals surface area contributed by atoms with Crippen LogP contribution in [0.5, 0.6) is 5.88 Å². The van der Waals surface area contributed by atoms with Crippen molar-refractivity contribution in [3.63, 3.8) is 0 Å². The first kappa shape index (κ1) is 7.79. The van der Waals surface area contributed by atoms with Gasteiger partial charge in [-0.05, 0) is 18.1 Å². The van der Waals surface area contributed by atoms with Crippen LogP contribution in [-0.4, -0.2) is 12.1 Å². The number of aryl methyl sites for hydroxylation is 1. The third-order valence-electron chi connectivity index (χ3n) is 1.56.